The average Bonchev–Trinajstić information content (AvgIpc) is 2.34. The van der Waals surface area contributed by atoms with Gasteiger partial charge in [-0.25, -0.2) is 9.97 Å². The van der Waals surface area contributed by atoms with Crippen molar-refractivity contribution < 1.29 is 9.53 Å². The normalized spacial score (nSPS) is 10.0. The van der Waals surface area contributed by atoms with E-state index in [1.54, 1.807) is 0 Å². The number of hydrogen-bond acceptors (Lipinski definition) is 4. The number of aryl methyl sites for hydroxylation is 1. The number of nitrogens with zero attached hydrogens (tertiary/aromatic N) is 2. The first-order valence-corrected chi connectivity index (χ1v) is 5.69. The highest BCUT2D eigenvalue weighted by atomic mass is 79.9. The Bertz CT molecular complexity index is 541. The predicted molar refractivity (Wildman–Crippen MR) is 66.4 cm³/mol. The number of carbonyl (C=O) groups excluding carboxylic acids is 1. The third kappa shape index (κ3) is 2.88. The highest BCUT2D eigenvalue weighted by Crippen LogP contribution is 2.28. The van der Waals surface area contributed by atoms with Crippen molar-refractivity contribution in [3.8, 4) is 11.8 Å². The van der Waals surface area contributed by atoms with Crippen LogP contribution in [0, 0.1) is 6.92 Å². The van der Waals surface area contributed by atoms with Gasteiger partial charge in [0, 0.05) is 12.4 Å². The van der Waals surface area contributed by atoms with Crippen molar-refractivity contribution in [3.63, 3.8) is 0 Å². The van der Waals surface area contributed by atoms with Crippen LogP contribution < -0.4 is 4.74 Å². The molecule has 4 nitrogen and oxygen atoms in total. The minimum atomic E-state index is 0.208. The summed E-state index contributed by atoms with van der Waals surface area (Å²) in [5.74, 6) is 0.634. The first-order valence-electron chi connectivity index (χ1n) is 4.90. The molecular weight excluding hydrogens is 284 g/mol. The van der Waals surface area contributed by atoms with Crippen LogP contribution in [0.5, 0.6) is 11.8 Å². The van der Waals surface area contributed by atoms with Crippen molar-refractivity contribution in [2.24, 2.45) is 0 Å². The molecule has 1 aromatic heterocycles. The monoisotopic (exact) mass is 292 g/mol. The Labute approximate surface area is 107 Å². The van der Waals surface area contributed by atoms with Crippen LogP contribution in [0.3, 0.4) is 0 Å². The van der Waals surface area contributed by atoms with E-state index in [1.807, 2.05) is 25.1 Å². The van der Waals surface area contributed by atoms with Gasteiger partial charge in [-0.2, -0.15) is 0 Å². The zero-order chi connectivity index (χ0) is 12.3. The number of ether oxygens (including phenoxy) is 1. The second kappa shape index (κ2) is 5.05. The number of halogens is 1. The molecule has 2 rings (SSSR count). The van der Waals surface area contributed by atoms with Crippen molar-refractivity contribution in [2.75, 3.05) is 0 Å². The average molecular weight is 293 g/mol. The second-order valence-electron chi connectivity index (χ2n) is 3.45. The summed E-state index contributed by atoms with van der Waals surface area (Å²) in [6.45, 7) is 1.99. The van der Waals surface area contributed by atoms with E-state index in [9.17, 15) is 4.79 Å². The van der Waals surface area contributed by atoms with Crippen LogP contribution in [0.1, 0.15) is 15.9 Å². The number of hydrogen-bond donors (Lipinski definition) is 0. The molecule has 17 heavy (non-hydrogen) atoms. The number of benzene rings is 1. The highest BCUT2D eigenvalue weighted by Gasteiger charge is 2.04. The minimum Gasteiger partial charge on any atom is -0.423 e. The topological polar surface area (TPSA) is 52.1 Å². The van der Waals surface area contributed by atoms with Gasteiger partial charge in [0.15, 0.2) is 6.29 Å². The lowest BCUT2D eigenvalue weighted by atomic mass is 10.2. The lowest BCUT2D eigenvalue weighted by molar-refractivity contribution is 0.112. The molecule has 0 atom stereocenters. The van der Waals surface area contributed by atoms with Gasteiger partial charge in [0.05, 0.1) is 10.0 Å². The minimum absolute atomic E-state index is 0.208. The number of aldehydes is 1. The summed E-state index contributed by atoms with van der Waals surface area (Å²) >= 11 is 3.40. The summed E-state index contributed by atoms with van der Waals surface area (Å²) in [5, 5.41) is 0. The Morgan fingerprint density at radius 3 is 2.59 bits per heavy atom. The van der Waals surface area contributed by atoms with Gasteiger partial charge in [0.2, 0.25) is 0 Å². The molecule has 1 heterocycles. The van der Waals surface area contributed by atoms with Crippen molar-refractivity contribution in [2.45, 2.75) is 6.92 Å². The van der Waals surface area contributed by atoms with E-state index in [0.29, 0.717) is 17.6 Å². The molecule has 86 valence electrons. The lowest BCUT2D eigenvalue weighted by Crippen LogP contribution is -1.93. The summed E-state index contributed by atoms with van der Waals surface area (Å²) in [6, 6.07) is 5.91. The van der Waals surface area contributed by atoms with Crippen LogP contribution in [-0.2, 0) is 0 Å². The molecule has 0 fully saturated rings. The first-order chi connectivity index (χ1) is 8.19. The fraction of sp³-hybridized carbons (Fsp3) is 0.0833. The molecule has 5 heteroatoms. The zero-order valence-corrected chi connectivity index (χ0v) is 10.6. The van der Waals surface area contributed by atoms with Crippen molar-refractivity contribution >= 4 is 22.2 Å². The molecule has 0 aliphatic rings. The van der Waals surface area contributed by atoms with Crippen LogP contribution >= 0.6 is 15.9 Å². The molecule has 0 saturated carbocycles. The molecular formula is C12H9BrN2O2. The van der Waals surface area contributed by atoms with Gasteiger partial charge in [-0.3, -0.25) is 4.79 Å². The fourth-order valence-electron chi connectivity index (χ4n) is 1.23. The Balaban J connectivity index is 2.22. The molecule has 0 radical (unpaired) electrons. The molecule has 0 spiro atoms. The summed E-state index contributed by atoms with van der Waals surface area (Å²) < 4.78 is 6.31. The van der Waals surface area contributed by atoms with E-state index in [-0.39, 0.29) is 6.01 Å². The standard InChI is InChI=1S/C12H9BrN2O2/c1-8-2-3-11(10(13)4-8)17-12-14-5-9(7-16)6-15-12/h2-7H,1H3. The number of carbonyl (C=O) groups is 1. The van der Waals surface area contributed by atoms with Crippen LogP contribution in [0.2, 0.25) is 0 Å². The Morgan fingerprint density at radius 2 is 2.00 bits per heavy atom. The van der Waals surface area contributed by atoms with Crippen LogP contribution in [0.4, 0.5) is 0 Å². The smallest absolute Gasteiger partial charge is 0.321 e. The summed E-state index contributed by atoms with van der Waals surface area (Å²) in [7, 11) is 0. The molecule has 0 amide bonds. The van der Waals surface area contributed by atoms with Gasteiger partial charge >= 0.3 is 6.01 Å². The number of rotatable bonds is 3. The van der Waals surface area contributed by atoms with Crippen LogP contribution in [0.25, 0.3) is 0 Å². The summed E-state index contributed by atoms with van der Waals surface area (Å²) in [6.07, 6.45) is 3.51. The molecule has 0 aliphatic carbocycles. The third-order valence-corrected chi connectivity index (χ3v) is 2.69. The fourth-order valence-corrected chi connectivity index (χ4v) is 1.80. The van der Waals surface area contributed by atoms with Crippen molar-refractivity contribution in [1.82, 2.24) is 9.97 Å². The molecule has 0 saturated heterocycles. The number of aromatic nitrogens is 2. The van der Waals surface area contributed by atoms with Crippen LogP contribution in [-0.4, -0.2) is 16.3 Å². The Kier molecular flexibility index (Phi) is 3.49. The van der Waals surface area contributed by atoms with E-state index in [2.05, 4.69) is 25.9 Å². The maximum atomic E-state index is 10.4. The molecule has 0 bridgehead atoms. The van der Waals surface area contributed by atoms with E-state index in [0.717, 1.165) is 10.0 Å². The van der Waals surface area contributed by atoms with Gasteiger partial charge in [-0.1, -0.05) is 6.07 Å². The van der Waals surface area contributed by atoms with Crippen molar-refractivity contribution in [3.05, 3.63) is 46.2 Å². The molecule has 0 N–H and O–H groups in total. The largest absolute Gasteiger partial charge is 0.423 e. The molecule has 0 unspecified atom stereocenters. The summed E-state index contributed by atoms with van der Waals surface area (Å²) in [5.41, 5.74) is 1.54. The van der Waals surface area contributed by atoms with Gasteiger partial charge < -0.3 is 4.74 Å². The Hall–Kier alpha value is -1.75. The highest BCUT2D eigenvalue weighted by molar-refractivity contribution is 9.10. The first kappa shape index (κ1) is 11.7. The van der Waals surface area contributed by atoms with Gasteiger partial charge in [-0.15, -0.1) is 0 Å². The lowest BCUT2D eigenvalue weighted by Gasteiger charge is -2.06. The van der Waals surface area contributed by atoms with Gasteiger partial charge in [0.1, 0.15) is 5.75 Å². The van der Waals surface area contributed by atoms with Gasteiger partial charge in [0.25, 0.3) is 0 Å². The maximum Gasteiger partial charge on any atom is 0.321 e. The summed E-state index contributed by atoms with van der Waals surface area (Å²) in [4.78, 5) is 18.3. The van der Waals surface area contributed by atoms with E-state index >= 15 is 0 Å². The zero-order valence-electron chi connectivity index (χ0n) is 9.05. The maximum absolute atomic E-state index is 10.4. The van der Waals surface area contributed by atoms with Gasteiger partial charge in [-0.05, 0) is 40.5 Å². The Morgan fingerprint density at radius 1 is 1.29 bits per heavy atom. The van der Waals surface area contributed by atoms with E-state index in [1.165, 1.54) is 12.4 Å². The van der Waals surface area contributed by atoms with E-state index < -0.39 is 0 Å². The SMILES string of the molecule is Cc1ccc(Oc2ncc(C=O)cn2)c(Br)c1. The van der Waals surface area contributed by atoms with Crippen LogP contribution in [0.15, 0.2) is 35.1 Å². The molecule has 0 aliphatic heterocycles. The molecule has 2 aromatic rings. The third-order valence-electron chi connectivity index (χ3n) is 2.07. The molecule has 1 aromatic carbocycles. The van der Waals surface area contributed by atoms with Crippen molar-refractivity contribution in [1.29, 1.82) is 0 Å². The quantitative estimate of drug-likeness (QED) is 0.816. The van der Waals surface area contributed by atoms with E-state index in [4.69, 9.17) is 4.74 Å². The second-order valence-corrected chi connectivity index (χ2v) is 4.31. The predicted octanol–water partition coefficient (Wildman–Crippen LogP) is 3.15.